The third-order valence-corrected chi connectivity index (χ3v) is 5.32. The fraction of sp³-hybridized carbons (Fsp3) is 0.474. The fourth-order valence-electron chi connectivity index (χ4n) is 3.52. The zero-order valence-corrected chi connectivity index (χ0v) is 16.5. The van der Waals surface area contributed by atoms with E-state index in [1.165, 1.54) is 0 Å². The lowest BCUT2D eigenvalue weighted by atomic mass is 9.81. The highest BCUT2D eigenvalue weighted by Gasteiger charge is 2.49. The lowest BCUT2D eigenvalue weighted by Gasteiger charge is -2.34. The van der Waals surface area contributed by atoms with E-state index in [0.29, 0.717) is 6.07 Å². The molecule has 0 radical (unpaired) electrons. The molecule has 33 heavy (non-hydrogen) atoms. The van der Waals surface area contributed by atoms with Crippen molar-refractivity contribution in [1.82, 2.24) is 19.9 Å². The average molecular weight is 481 g/mol. The Morgan fingerprint density at radius 1 is 1.06 bits per heavy atom. The Bertz CT molecular complexity index is 1100. The zero-order chi connectivity index (χ0) is 24.2. The number of nitrogens with one attached hydrogen (secondary N) is 1. The molecular weight excluding hydrogens is 466 g/mol. The highest BCUT2D eigenvalue weighted by Crippen LogP contribution is 2.48. The molecule has 1 atom stereocenters. The lowest BCUT2D eigenvalue weighted by Crippen LogP contribution is -2.38. The number of aliphatic hydroxyl groups excluding tert-OH is 1. The van der Waals surface area contributed by atoms with Crippen molar-refractivity contribution in [2.75, 3.05) is 5.32 Å². The van der Waals surface area contributed by atoms with Crippen molar-refractivity contribution in [1.29, 1.82) is 0 Å². The summed E-state index contributed by atoms with van der Waals surface area (Å²) in [5, 5.41) is 12.0. The van der Waals surface area contributed by atoms with Gasteiger partial charge in [0.15, 0.2) is 11.9 Å². The Balaban J connectivity index is 1.73. The molecule has 2 heterocycles. The summed E-state index contributed by atoms with van der Waals surface area (Å²) in [6, 6.07) is 1.80. The molecule has 2 aromatic heterocycles. The second-order valence-corrected chi connectivity index (χ2v) is 7.84. The van der Waals surface area contributed by atoms with Crippen molar-refractivity contribution < 1.29 is 40.2 Å². The minimum atomic E-state index is -4.75. The zero-order valence-electron chi connectivity index (χ0n) is 16.5. The monoisotopic (exact) mass is 481 g/mol. The van der Waals surface area contributed by atoms with Gasteiger partial charge in [-0.25, -0.2) is 26.9 Å². The SMILES string of the molecule is OC1C(F)=C(c2nc(Nc3ccnc(C(F)(F)F)c3)nc(C3CC(F)(F)C3)n2)CCC1(F)F. The maximum atomic E-state index is 14.5. The number of hydrogen-bond acceptors (Lipinski definition) is 6. The largest absolute Gasteiger partial charge is 0.433 e. The van der Waals surface area contributed by atoms with Gasteiger partial charge in [-0.15, -0.1) is 0 Å². The average Bonchev–Trinajstić information content (AvgIpc) is 2.70. The smallest absolute Gasteiger partial charge is 0.380 e. The number of pyridine rings is 1. The summed E-state index contributed by atoms with van der Waals surface area (Å²) in [7, 11) is 0. The van der Waals surface area contributed by atoms with Crippen LogP contribution in [0.5, 0.6) is 0 Å². The summed E-state index contributed by atoms with van der Waals surface area (Å²) in [6.07, 6.45) is -9.34. The molecule has 4 rings (SSSR count). The first-order chi connectivity index (χ1) is 15.2. The quantitative estimate of drug-likeness (QED) is 0.598. The molecule has 0 aromatic carbocycles. The number of halogens is 8. The van der Waals surface area contributed by atoms with Gasteiger partial charge in [0.05, 0.1) is 0 Å². The number of alkyl halides is 7. The Morgan fingerprint density at radius 2 is 1.76 bits per heavy atom. The van der Waals surface area contributed by atoms with Crippen molar-refractivity contribution in [3.05, 3.63) is 41.5 Å². The van der Waals surface area contributed by atoms with Crippen LogP contribution in [0.3, 0.4) is 0 Å². The summed E-state index contributed by atoms with van der Waals surface area (Å²) in [5.41, 5.74) is -1.85. The van der Waals surface area contributed by atoms with E-state index >= 15 is 0 Å². The number of nitrogens with zero attached hydrogens (tertiary/aromatic N) is 4. The minimum Gasteiger partial charge on any atom is -0.380 e. The van der Waals surface area contributed by atoms with Crippen molar-refractivity contribution >= 4 is 17.2 Å². The van der Waals surface area contributed by atoms with Crippen LogP contribution in [-0.4, -0.2) is 43.0 Å². The van der Waals surface area contributed by atoms with E-state index in [-0.39, 0.29) is 11.5 Å². The molecule has 0 aliphatic heterocycles. The summed E-state index contributed by atoms with van der Waals surface area (Å²) < 4.78 is 107. The summed E-state index contributed by atoms with van der Waals surface area (Å²) in [4.78, 5) is 15.0. The van der Waals surface area contributed by atoms with Crippen molar-refractivity contribution in [3.63, 3.8) is 0 Å². The molecule has 14 heteroatoms. The molecule has 1 unspecified atom stereocenters. The van der Waals surface area contributed by atoms with E-state index in [0.717, 1.165) is 12.3 Å². The highest BCUT2D eigenvalue weighted by atomic mass is 19.4. The van der Waals surface area contributed by atoms with Gasteiger partial charge in [0.1, 0.15) is 17.3 Å². The summed E-state index contributed by atoms with van der Waals surface area (Å²) >= 11 is 0. The van der Waals surface area contributed by atoms with Gasteiger partial charge >= 0.3 is 6.18 Å². The number of hydrogen-bond donors (Lipinski definition) is 2. The standard InChI is InChI=1S/C19H15F8N5O/c20-12-10(1-3-18(23,24)13(12)33)15-30-14(8-6-17(21,22)7-8)31-16(32-15)29-9-2-4-28-11(5-9)19(25,26)27/h2,4-5,8,13,33H,1,3,6-7H2,(H,28,29,30,31,32). The molecule has 2 aliphatic carbocycles. The number of anilines is 2. The summed E-state index contributed by atoms with van der Waals surface area (Å²) in [5.74, 6) is -10.2. The van der Waals surface area contributed by atoms with Gasteiger partial charge in [-0.3, -0.25) is 4.98 Å². The van der Waals surface area contributed by atoms with Gasteiger partial charge in [-0.05, 0) is 18.6 Å². The van der Waals surface area contributed by atoms with E-state index in [1.807, 2.05) is 0 Å². The molecule has 1 saturated carbocycles. The van der Waals surface area contributed by atoms with Crippen molar-refractivity contribution in [2.45, 2.75) is 55.7 Å². The van der Waals surface area contributed by atoms with Crippen LogP contribution in [0.1, 0.15) is 48.9 Å². The lowest BCUT2D eigenvalue weighted by molar-refractivity contribution is -0.141. The van der Waals surface area contributed by atoms with Crippen molar-refractivity contribution in [3.8, 4) is 0 Å². The minimum absolute atomic E-state index is 0.163. The molecule has 178 valence electrons. The van der Waals surface area contributed by atoms with Crippen molar-refractivity contribution in [2.24, 2.45) is 0 Å². The molecule has 2 aromatic rings. The normalized spacial score (nSPS) is 22.8. The van der Waals surface area contributed by atoms with Gasteiger partial charge in [-0.1, -0.05) is 0 Å². The van der Waals surface area contributed by atoms with E-state index in [2.05, 4.69) is 25.3 Å². The first kappa shape index (κ1) is 23.3. The maximum Gasteiger partial charge on any atom is 0.433 e. The summed E-state index contributed by atoms with van der Waals surface area (Å²) in [6.45, 7) is 0. The third-order valence-electron chi connectivity index (χ3n) is 5.32. The number of rotatable bonds is 4. The molecule has 0 amide bonds. The fourth-order valence-corrected chi connectivity index (χ4v) is 3.52. The Kier molecular flexibility index (Phi) is 5.53. The first-order valence-electron chi connectivity index (χ1n) is 9.64. The molecule has 0 saturated heterocycles. The Morgan fingerprint density at radius 3 is 2.39 bits per heavy atom. The van der Waals surface area contributed by atoms with Gasteiger partial charge in [0.25, 0.3) is 5.92 Å². The van der Waals surface area contributed by atoms with E-state index in [4.69, 9.17) is 0 Å². The van der Waals surface area contributed by atoms with Gasteiger partial charge in [0, 0.05) is 42.6 Å². The van der Waals surface area contributed by atoms with Crippen LogP contribution in [-0.2, 0) is 6.18 Å². The first-order valence-corrected chi connectivity index (χ1v) is 9.64. The van der Waals surface area contributed by atoms with Gasteiger partial charge in [-0.2, -0.15) is 23.1 Å². The van der Waals surface area contributed by atoms with Gasteiger partial charge < -0.3 is 10.4 Å². The van der Waals surface area contributed by atoms with Crippen LogP contribution in [0.2, 0.25) is 0 Å². The highest BCUT2D eigenvalue weighted by molar-refractivity contribution is 5.66. The molecule has 2 N–H and O–H groups in total. The number of allylic oxidation sites excluding steroid dienone is 1. The Hall–Kier alpha value is -2.90. The van der Waals surface area contributed by atoms with E-state index < -0.39 is 84.6 Å². The molecular formula is C19H15F8N5O. The predicted octanol–water partition coefficient (Wildman–Crippen LogP) is 5.01. The predicted molar refractivity (Wildman–Crippen MR) is 97.5 cm³/mol. The third kappa shape index (κ3) is 4.75. The topological polar surface area (TPSA) is 83.8 Å². The molecule has 0 spiro atoms. The van der Waals surface area contributed by atoms with Gasteiger partial charge in [0.2, 0.25) is 11.9 Å². The molecule has 1 fully saturated rings. The second kappa shape index (κ2) is 7.85. The molecule has 0 bridgehead atoms. The molecule has 6 nitrogen and oxygen atoms in total. The van der Waals surface area contributed by atoms with E-state index in [9.17, 15) is 40.2 Å². The number of aliphatic hydroxyl groups is 1. The maximum absolute atomic E-state index is 14.5. The van der Waals surface area contributed by atoms with Crippen LogP contribution in [0.15, 0.2) is 24.2 Å². The van der Waals surface area contributed by atoms with Crippen LogP contribution in [0.4, 0.5) is 46.8 Å². The van der Waals surface area contributed by atoms with Crippen LogP contribution in [0, 0.1) is 0 Å². The van der Waals surface area contributed by atoms with Crippen LogP contribution in [0.25, 0.3) is 5.57 Å². The van der Waals surface area contributed by atoms with E-state index in [1.54, 1.807) is 0 Å². The molecule has 2 aliphatic rings. The second-order valence-electron chi connectivity index (χ2n) is 7.84. The number of aromatic nitrogens is 4. The van der Waals surface area contributed by atoms with Crippen LogP contribution < -0.4 is 5.32 Å². The Labute approximate surface area is 180 Å². The van der Waals surface area contributed by atoms with Crippen LogP contribution >= 0.6 is 0 Å².